The lowest BCUT2D eigenvalue weighted by Gasteiger charge is -2.15. The molecule has 0 saturated carbocycles. The first kappa shape index (κ1) is 19.2. The van der Waals surface area contributed by atoms with Crippen molar-refractivity contribution in [2.24, 2.45) is 0 Å². The van der Waals surface area contributed by atoms with Gasteiger partial charge in [-0.1, -0.05) is 12.1 Å². The topological polar surface area (TPSA) is 74.6 Å². The molecule has 1 N–H and O–H groups in total. The average Bonchev–Trinajstić information content (AvgIpc) is 3.14. The molecule has 146 valence electrons. The average molecular weight is 385 g/mol. The summed E-state index contributed by atoms with van der Waals surface area (Å²) in [5.74, 6) is 0.408. The van der Waals surface area contributed by atoms with E-state index in [1.165, 1.54) is 39.7 Å². The van der Waals surface area contributed by atoms with E-state index < -0.39 is 0 Å². The Labute approximate surface area is 161 Å². The Kier molecular flexibility index (Phi) is 5.78. The lowest BCUT2D eigenvalue weighted by atomic mass is 10.1. The number of amides is 1. The smallest absolute Gasteiger partial charge is 0.259 e. The molecule has 0 radical (unpaired) electrons. The first-order chi connectivity index (χ1) is 13.5. The highest BCUT2D eigenvalue weighted by Gasteiger charge is 2.21. The molecule has 3 rings (SSSR count). The molecule has 28 heavy (non-hydrogen) atoms. The summed E-state index contributed by atoms with van der Waals surface area (Å²) < 4.78 is 30.5. The molecule has 0 aliphatic carbocycles. The van der Waals surface area contributed by atoms with Gasteiger partial charge in [0.1, 0.15) is 5.82 Å². The number of rotatable bonds is 7. The molecule has 0 aliphatic rings. The van der Waals surface area contributed by atoms with Gasteiger partial charge in [0, 0.05) is 6.20 Å². The van der Waals surface area contributed by atoms with Crippen molar-refractivity contribution in [1.29, 1.82) is 0 Å². The number of hydrogen-bond acceptors (Lipinski definition) is 5. The standard InChI is InChI=1S/C20H20FN3O4/c1-26-17-9-8-16(18(27-2)19(17)28-3)20(25)23-15-10-22-24(12-15)11-13-4-6-14(21)7-5-13/h4-10,12H,11H2,1-3H3,(H,23,25). The van der Waals surface area contributed by atoms with Gasteiger partial charge in [-0.25, -0.2) is 4.39 Å². The van der Waals surface area contributed by atoms with Crippen LogP contribution in [-0.4, -0.2) is 37.0 Å². The van der Waals surface area contributed by atoms with E-state index in [1.54, 1.807) is 35.1 Å². The number of methoxy groups -OCH3 is 3. The summed E-state index contributed by atoms with van der Waals surface area (Å²) in [6.45, 7) is 0.454. The lowest BCUT2D eigenvalue weighted by molar-refractivity contribution is 0.102. The highest BCUT2D eigenvalue weighted by Crippen LogP contribution is 2.39. The molecule has 0 saturated heterocycles. The third kappa shape index (κ3) is 4.06. The van der Waals surface area contributed by atoms with Crippen molar-refractivity contribution < 1.29 is 23.4 Å². The summed E-state index contributed by atoms with van der Waals surface area (Å²) in [6, 6.07) is 9.38. The number of carbonyl (C=O) groups excluding carboxylic acids is 1. The molecule has 2 aromatic carbocycles. The van der Waals surface area contributed by atoms with Gasteiger partial charge in [-0.3, -0.25) is 9.48 Å². The van der Waals surface area contributed by atoms with Crippen LogP contribution < -0.4 is 19.5 Å². The van der Waals surface area contributed by atoms with Crippen LogP contribution in [0.4, 0.5) is 10.1 Å². The van der Waals surface area contributed by atoms with Crippen molar-refractivity contribution in [3.63, 3.8) is 0 Å². The van der Waals surface area contributed by atoms with Crippen LogP contribution in [0, 0.1) is 5.82 Å². The van der Waals surface area contributed by atoms with Gasteiger partial charge < -0.3 is 19.5 Å². The van der Waals surface area contributed by atoms with Crippen molar-refractivity contribution in [3.05, 3.63) is 65.7 Å². The second kappa shape index (κ2) is 8.43. The number of nitrogens with one attached hydrogen (secondary N) is 1. The van der Waals surface area contributed by atoms with E-state index in [-0.39, 0.29) is 17.5 Å². The number of benzene rings is 2. The van der Waals surface area contributed by atoms with Crippen molar-refractivity contribution in [1.82, 2.24) is 9.78 Å². The Hall–Kier alpha value is -3.55. The zero-order chi connectivity index (χ0) is 20.1. The predicted molar refractivity (Wildman–Crippen MR) is 102 cm³/mol. The maximum atomic E-state index is 13.0. The molecule has 7 nitrogen and oxygen atoms in total. The van der Waals surface area contributed by atoms with Crippen LogP contribution in [0.1, 0.15) is 15.9 Å². The molecule has 1 heterocycles. The van der Waals surface area contributed by atoms with Gasteiger partial charge in [0.05, 0.1) is 45.3 Å². The van der Waals surface area contributed by atoms with Gasteiger partial charge in [-0.05, 0) is 29.8 Å². The summed E-state index contributed by atoms with van der Waals surface area (Å²) in [6.07, 6.45) is 3.23. The SMILES string of the molecule is COc1ccc(C(=O)Nc2cnn(Cc3ccc(F)cc3)c2)c(OC)c1OC. The minimum absolute atomic E-state index is 0.276. The number of anilines is 1. The van der Waals surface area contributed by atoms with Crippen LogP contribution in [0.3, 0.4) is 0 Å². The molecule has 8 heteroatoms. The molecule has 1 amide bonds. The number of hydrogen-bond donors (Lipinski definition) is 1. The Morgan fingerprint density at radius 3 is 2.39 bits per heavy atom. The van der Waals surface area contributed by atoms with E-state index in [4.69, 9.17) is 14.2 Å². The van der Waals surface area contributed by atoms with Gasteiger partial charge in [0.15, 0.2) is 11.5 Å². The highest BCUT2D eigenvalue weighted by molar-refractivity contribution is 6.06. The molecule has 0 fully saturated rings. The van der Waals surface area contributed by atoms with Crippen molar-refractivity contribution >= 4 is 11.6 Å². The highest BCUT2D eigenvalue weighted by atomic mass is 19.1. The van der Waals surface area contributed by atoms with E-state index in [1.807, 2.05) is 0 Å². The third-order valence-corrected chi connectivity index (χ3v) is 4.10. The minimum atomic E-state index is -0.376. The van der Waals surface area contributed by atoms with Crippen LogP contribution in [-0.2, 0) is 6.54 Å². The molecule has 3 aromatic rings. The molecule has 0 atom stereocenters. The fourth-order valence-corrected chi connectivity index (χ4v) is 2.77. The molecular formula is C20H20FN3O4. The van der Waals surface area contributed by atoms with E-state index in [0.29, 0.717) is 29.3 Å². The maximum absolute atomic E-state index is 13.0. The second-order valence-corrected chi connectivity index (χ2v) is 5.89. The summed E-state index contributed by atoms with van der Waals surface area (Å²) in [5.41, 5.74) is 1.71. The van der Waals surface area contributed by atoms with Gasteiger partial charge in [-0.2, -0.15) is 5.10 Å². The minimum Gasteiger partial charge on any atom is -0.493 e. The summed E-state index contributed by atoms with van der Waals surface area (Å²) in [5, 5.41) is 6.99. The Morgan fingerprint density at radius 1 is 1.04 bits per heavy atom. The normalized spacial score (nSPS) is 10.4. The molecule has 0 spiro atoms. The summed E-state index contributed by atoms with van der Waals surface area (Å²) in [4.78, 5) is 12.7. The largest absolute Gasteiger partial charge is 0.493 e. The van der Waals surface area contributed by atoms with Gasteiger partial charge in [0.2, 0.25) is 5.75 Å². The first-order valence-electron chi connectivity index (χ1n) is 8.43. The number of nitrogens with zero attached hydrogens (tertiary/aromatic N) is 2. The third-order valence-electron chi connectivity index (χ3n) is 4.10. The predicted octanol–water partition coefficient (Wildman–Crippen LogP) is 3.35. The Morgan fingerprint density at radius 2 is 1.75 bits per heavy atom. The van der Waals surface area contributed by atoms with E-state index in [2.05, 4.69) is 10.4 Å². The van der Waals surface area contributed by atoms with E-state index >= 15 is 0 Å². The van der Waals surface area contributed by atoms with Crippen LogP contribution in [0.15, 0.2) is 48.8 Å². The fourth-order valence-electron chi connectivity index (χ4n) is 2.77. The van der Waals surface area contributed by atoms with Crippen molar-refractivity contribution in [3.8, 4) is 17.2 Å². The van der Waals surface area contributed by atoms with Crippen LogP contribution in [0.5, 0.6) is 17.2 Å². The summed E-state index contributed by atoms with van der Waals surface area (Å²) in [7, 11) is 4.43. The van der Waals surface area contributed by atoms with Crippen molar-refractivity contribution in [2.45, 2.75) is 6.54 Å². The monoisotopic (exact) mass is 385 g/mol. The van der Waals surface area contributed by atoms with E-state index in [9.17, 15) is 9.18 Å². The maximum Gasteiger partial charge on any atom is 0.259 e. The number of aromatic nitrogens is 2. The van der Waals surface area contributed by atoms with Crippen LogP contribution >= 0.6 is 0 Å². The summed E-state index contributed by atoms with van der Waals surface area (Å²) >= 11 is 0. The molecular weight excluding hydrogens is 365 g/mol. The van der Waals surface area contributed by atoms with Gasteiger partial charge in [-0.15, -0.1) is 0 Å². The molecule has 0 unspecified atom stereocenters. The van der Waals surface area contributed by atoms with E-state index in [0.717, 1.165) is 5.56 Å². The number of carbonyl (C=O) groups is 1. The molecule has 1 aromatic heterocycles. The molecule has 0 aliphatic heterocycles. The Bertz CT molecular complexity index is 970. The first-order valence-corrected chi connectivity index (χ1v) is 8.43. The fraction of sp³-hybridized carbons (Fsp3) is 0.200. The number of halogens is 1. The second-order valence-electron chi connectivity index (χ2n) is 5.89. The van der Waals surface area contributed by atoms with Crippen molar-refractivity contribution in [2.75, 3.05) is 26.6 Å². The zero-order valence-electron chi connectivity index (χ0n) is 15.7. The van der Waals surface area contributed by atoms with Crippen LogP contribution in [0.25, 0.3) is 0 Å². The zero-order valence-corrected chi connectivity index (χ0v) is 15.7. The van der Waals surface area contributed by atoms with Crippen LogP contribution in [0.2, 0.25) is 0 Å². The van der Waals surface area contributed by atoms with Gasteiger partial charge in [0.25, 0.3) is 5.91 Å². The quantitative estimate of drug-likeness (QED) is 0.675. The number of ether oxygens (including phenoxy) is 3. The Balaban J connectivity index is 1.77. The lowest BCUT2D eigenvalue weighted by Crippen LogP contribution is -2.13. The van der Waals surface area contributed by atoms with Gasteiger partial charge >= 0.3 is 0 Å². The molecule has 0 bridgehead atoms.